The van der Waals surface area contributed by atoms with Crippen LogP contribution < -0.4 is 22.1 Å². The van der Waals surface area contributed by atoms with Crippen LogP contribution in [0, 0.1) is 5.92 Å². The topological polar surface area (TPSA) is 205 Å². The molecule has 0 spiro atoms. The first-order chi connectivity index (χ1) is 15.5. The van der Waals surface area contributed by atoms with Crippen molar-refractivity contribution < 1.29 is 34.2 Å². The molecule has 12 heteroatoms. The molecule has 0 radical (unpaired) electrons. The van der Waals surface area contributed by atoms with E-state index in [2.05, 4.69) is 10.6 Å². The normalized spacial score (nSPS) is 18.5. The van der Waals surface area contributed by atoms with E-state index in [-0.39, 0.29) is 18.2 Å². The predicted molar refractivity (Wildman–Crippen MR) is 119 cm³/mol. The molecule has 0 saturated carbocycles. The molecule has 1 fully saturated rings. The Morgan fingerprint density at radius 3 is 2.27 bits per heavy atom. The number of hydrogen-bond acceptors (Lipinski definition) is 7. The molecule has 33 heavy (non-hydrogen) atoms. The van der Waals surface area contributed by atoms with Gasteiger partial charge in [-0.2, -0.15) is 0 Å². The van der Waals surface area contributed by atoms with Crippen molar-refractivity contribution in [3.63, 3.8) is 0 Å². The number of nitrogens with one attached hydrogen (secondary N) is 2. The van der Waals surface area contributed by atoms with Crippen LogP contribution in [-0.2, 0) is 24.0 Å². The van der Waals surface area contributed by atoms with Gasteiger partial charge in [-0.3, -0.25) is 19.2 Å². The van der Waals surface area contributed by atoms with Crippen molar-refractivity contribution in [2.24, 2.45) is 17.4 Å². The predicted octanol–water partition coefficient (Wildman–Crippen LogP) is -0.991. The van der Waals surface area contributed by atoms with Crippen LogP contribution in [0.2, 0.25) is 0 Å². The second-order valence-electron chi connectivity index (χ2n) is 8.77. The molecular formula is C21H37N5O7. The van der Waals surface area contributed by atoms with Crippen LogP contribution >= 0.6 is 0 Å². The highest BCUT2D eigenvalue weighted by Crippen LogP contribution is 2.20. The molecule has 1 rings (SSSR count). The fourth-order valence-corrected chi connectivity index (χ4v) is 3.77. The van der Waals surface area contributed by atoms with Gasteiger partial charge in [-0.1, -0.05) is 20.3 Å². The molecule has 1 aliphatic heterocycles. The smallest absolute Gasteiger partial charge is 0.326 e. The number of carbonyl (C=O) groups is 5. The lowest BCUT2D eigenvalue weighted by molar-refractivity contribution is -0.145. The van der Waals surface area contributed by atoms with Crippen LogP contribution in [0.4, 0.5) is 0 Å². The maximum atomic E-state index is 12.9. The Kier molecular flexibility index (Phi) is 11.8. The van der Waals surface area contributed by atoms with Crippen molar-refractivity contribution in [3.8, 4) is 0 Å². The van der Waals surface area contributed by atoms with Crippen LogP contribution in [0.3, 0.4) is 0 Å². The average Bonchev–Trinajstić information content (AvgIpc) is 3.21. The van der Waals surface area contributed by atoms with Crippen LogP contribution in [0.25, 0.3) is 0 Å². The Morgan fingerprint density at radius 2 is 1.73 bits per heavy atom. The first-order valence-corrected chi connectivity index (χ1v) is 11.3. The number of carboxylic acid groups (broad SMARTS) is 2. The molecule has 0 aromatic carbocycles. The third-order valence-corrected chi connectivity index (χ3v) is 5.46. The highest BCUT2D eigenvalue weighted by molar-refractivity contribution is 5.95. The highest BCUT2D eigenvalue weighted by atomic mass is 16.4. The molecular weight excluding hydrogens is 434 g/mol. The van der Waals surface area contributed by atoms with Gasteiger partial charge in [0.2, 0.25) is 17.7 Å². The molecule has 188 valence electrons. The number of hydrogen-bond donors (Lipinski definition) is 6. The van der Waals surface area contributed by atoms with Crippen molar-refractivity contribution in [2.75, 3.05) is 13.1 Å². The standard InChI is InChI=1S/C21H37N5O7/c1-12(2)10-15(21(32)33)25-18(29)14(11-17(27)28)24-19(30)16-7-5-9-26(16)20(31)13(23)6-3-4-8-22/h12-16H,3-11,22-23H2,1-2H3,(H,24,30)(H,25,29)(H,27,28)(H,32,33). The van der Waals surface area contributed by atoms with E-state index >= 15 is 0 Å². The van der Waals surface area contributed by atoms with Gasteiger partial charge in [0.25, 0.3) is 0 Å². The van der Waals surface area contributed by atoms with E-state index in [0.29, 0.717) is 38.8 Å². The van der Waals surface area contributed by atoms with Gasteiger partial charge in [-0.25, -0.2) is 4.79 Å². The summed E-state index contributed by atoms with van der Waals surface area (Å²) < 4.78 is 0. The van der Waals surface area contributed by atoms with Crippen LogP contribution in [0.15, 0.2) is 0 Å². The van der Waals surface area contributed by atoms with E-state index in [0.717, 1.165) is 6.42 Å². The summed E-state index contributed by atoms with van der Waals surface area (Å²) in [6.07, 6.45) is 2.15. The summed E-state index contributed by atoms with van der Waals surface area (Å²) in [4.78, 5) is 62.3. The number of rotatable bonds is 14. The number of nitrogens with two attached hydrogens (primary N) is 2. The number of unbranched alkanes of at least 4 members (excludes halogenated alkanes) is 1. The minimum Gasteiger partial charge on any atom is -0.481 e. The lowest BCUT2D eigenvalue weighted by atomic mass is 10.0. The van der Waals surface area contributed by atoms with E-state index in [9.17, 15) is 34.2 Å². The number of amides is 3. The molecule has 0 aliphatic carbocycles. The molecule has 0 bridgehead atoms. The number of nitrogens with zero attached hydrogens (tertiary/aromatic N) is 1. The molecule has 3 amide bonds. The molecule has 1 heterocycles. The first-order valence-electron chi connectivity index (χ1n) is 11.3. The fraction of sp³-hybridized carbons (Fsp3) is 0.762. The van der Waals surface area contributed by atoms with Crippen molar-refractivity contribution in [2.45, 2.75) is 83.0 Å². The largest absolute Gasteiger partial charge is 0.481 e. The lowest BCUT2D eigenvalue weighted by Crippen LogP contribution is -2.57. The van der Waals surface area contributed by atoms with Gasteiger partial charge >= 0.3 is 11.9 Å². The number of carbonyl (C=O) groups excluding carboxylic acids is 3. The van der Waals surface area contributed by atoms with E-state index in [1.54, 1.807) is 13.8 Å². The maximum Gasteiger partial charge on any atom is 0.326 e. The summed E-state index contributed by atoms with van der Waals surface area (Å²) >= 11 is 0. The zero-order valence-electron chi connectivity index (χ0n) is 19.3. The SMILES string of the molecule is CC(C)CC(NC(=O)C(CC(=O)O)NC(=O)C1CCCN1C(=O)C(N)CCCCN)C(=O)O. The molecule has 4 atom stereocenters. The van der Waals surface area contributed by atoms with Crippen LogP contribution in [0.1, 0.15) is 58.8 Å². The Hall–Kier alpha value is -2.73. The third kappa shape index (κ3) is 9.34. The van der Waals surface area contributed by atoms with Gasteiger partial charge in [-0.05, 0) is 44.6 Å². The summed E-state index contributed by atoms with van der Waals surface area (Å²) in [7, 11) is 0. The summed E-state index contributed by atoms with van der Waals surface area (Å²) in [5.41, 5.74) is 11.4. The lowest BCUT2D eigenvalue weighted by Gasteiger charge is -2.28. The van der Waals surface area contributed by atoms with Crippen molar-refractivity contribution >= 4 is 29.7 Å². The number of aliphatic carboxylic acids is 2. The molecule has 0 aromatic rings. The van der Waals surface area contributed by atoms with Crippen molar-refractivity contribution in [3.05, 3.63) is 0 Å². The second-order valence-corrected chi connectivity index (χ2v) is 8.77. The van der Waals surface area contributed by atoms with Crippen molar-refractivity contribution in [1.82, 2.24) is 15.5 Å². The summed E-state index contributed by atoms with van der Waals surface area (Å²) in [5, 5.41) is 23.2. The minimum absolute atomic E-state index is 0.0361. The third-order valence-electron chi connectivity index (χ3n) is 5.46. The zero-order chi connectivity index (χ0) is 25.1. The molecule has 1 aliphatic rings. The van der Waals surface area contributed by atoms with Gasteiger partial charge in [-0.15, -0.1) is 0 Å². The van der Waals surface area contributed by atoms with Crippen LogP contribution in [0.5, 0.6) is 0 Å². The quantitative estimate of drug-likeness (QED) is 0.172. The average molecular weight is 472 g/mol. The number of likely N-dealkylation sites (tertiary alicyclic amines) is 1. The zero-order valence-corrected chi connectivity index (χ0v) is 19.3. The molecule has 8 N–H and O–H groups in total. The van der Waals surface area contributed by atoms with E-state index in [4.69, 9.17) is 11.5 Å². The first kappa shape index (κ1) is 28.3. The molecule has 4 unspecified atom stereocenters. The Balaban J connectivity index is 2.87. The monoisotopic (exact) mass is 471 g/mol. The van der Waals surface area contributed by atoms with Gasteiger partial charge in [0, 0.05) is 6.54 Å². The van der Waals surface area contributed by atoms with Gasteiger partial charge in [0.15, 0.2) is 0 Å². The van der Waals surface area contributed by atoms with Gasteiger partial charge in [0.05, 0.1) is 12.5 Å². The van der Waals surface area contributed by atoms with Gasteiger partial charge < -0.3 is 37.2 Å². The minimum atomic E-state index is -1.49. The van der Waals surface area contributed by atoms with Gasteiger partial charge in [0.1, 0.15) is 18.1 Å². The Labute approximate surface area is 193 Å². The molecule has 0 aromatic heterocycles. The van der Waals surface area contributed by atoms with E-state index in [1.807, 2.05) is 0 Å². The highest BCUT2D eigenvalue weighted by Gasteiger charge is 2.38. The van der Waals surface area contributed by atoms with Crippen LogP contribution in [-0.4, -0.2) is 82.0 Å². The molecule has 12 nitrogen and oxygen atoms in total. The second kappa shape index (κ2) is 13.7. The molecule has 1 saturated heterocycles. The summed E-state index contributed by atoms with van der Waals surface area (Å²) in [5.74, 6) is -4.60. The van der Waals surface area contributed by atoms with Crippen molar-refractivity contribution in [1.29, 1.82) is 0 Å². The maximum absolute atomic E-state index is 12.9. The van der Waals surface area contributed by atoms with E-state index in [1.165, 1.54) is 4.90 Å². The summed E-state index contributed by atoms with van der Waals surface area (Å²) in [6, 6.07) is -4.37. The fourth-order valence-electron chi connectivity index (χ4n) is 3.77. The van der Waals surface area contributed by atoms with E-state index < -0.39 is 54.3 Å². The number of carboxylic acids is 2. The Bertz CT molecular complexity index is 715. The Morgan fingerprint density at radius 1 is 1.06 bits per heavy atom. The summed E-state index contributed by atoms with van der Waals surface area (Å²) in [6.45, 7) is 4.38.